The Morgan fingerprint density at radius 1 is 1.20 bits per heavy atom. The van der Waals surface area contributed by atoms with Gasteiger partial charge in [-0.25, -0.2) is 4.68 Å². The van der Waals surface area contributed by atoms with Crippen molar-refractivity contribution in [3.63, 3.8) is 0 Å². The third kappa shape index (κ3) is 1.95. The molecule has 0 amide bonds. The molecule has 0 spiro atoms. The van der Waals surface area contributed by atoms with E-state index < -0.39 is 5.97 Å². The Morgan fingerprint density at radius 2 is 2.00 bits per heavy atom. The number of hydrogen-bond acceptors (Lipinski definition) is 5. The third-order valence-electron chi connectivity index (χ3n) is 2.95. The van der Waals surface area contributed by atoms with Crippen LogP contribution in [0, 0.1) is 0 Å². The molecule has 0 bridgehead atoms. The summed E-state index contributed by atoms with van der Waals surface area (Å²) in [5.41, 5.74) is 0.425. The molecule has 3 aromatic rings. The Morgan fingerprint density at radius 3 is 2.80 bits per heavy atom. The molecule has 0 aliphatic rings. The first-order valence-electron chi connectivity index (χ1n) is 5.86. The van der Waals surface area contributed by atoms with Gasteiger partial charge in [0.15, 0.2) is 5.82 Å². The van der Waals surface area contributed by atoms with E-state index in [2.05, 4.69) is 15.5 Å². The van der Waals surface area contributed by atoms with Gasteiger partial charge in [0.05, 0.1) is 5.56 Å². The Kier molecular flexibility index (Phi) is 2.79. The molecule has 3 rings (SSSR count). The molecule has 0 radical (unpaired) electrons. The fourth-order valence-electron chi connectivity index (χ4n) is 2.11. The molecule has 1 heterocycles. The van der Waals surface area contributed by atoms with Crippen LogP contribution in [0.25, 0.3) is 22.2 Å². The van der Waals surface area contributed by atoms with Gasteiger partial charge in [0.25, 0.3) is 0 Å². The van der Waals surface area contributed by atoms with E-state index in [9.17, 15) is 9.90 Å². The van der Waals surface area contributed by atoms with E-state index in [0.717, 1.165) is 15.5 Å². The van der Waals surface area contributed by atoms with Crippen LogP contribution in [-0.2, 0) is 11.3 Å². The number of carbonyl (C=O) groups is 1. The van der Waals surface area contributed by atoms with Crippen LogP contribution in [0.2, 0.25) is 0 Å². The van der Waals surface area contributed by atoms with Crippen molar-refractivity contribution in [2.24, 2.45) is 0 Å². The molecule has 0 unspecified atom stereocenters. The molecule has 20 heavy (non-hydrogen) atoms. The normalized spacial score (nSPS) is 10.8. The summed E-state index contributed by atoms with van der Waals surface area (Å²) in [5.74, 6) is -0.829. The summed E-state index contributed by atoms with van der Waals surface area (Å²) in [5, 5.41) is 31.6. The second-order valence-electron chi connectivity index (χ2n) is 4.23. The number of nitrogens with zero attached hydrogens (tertiary/aromatic N) is 4. The predicted molar refractivity (Wildman–Crippen MR) is 70.1 cm³/mol. The first kappa shape index (κ1) is 12.1. The van der Waals surface area contributed by atoms with Crippen LogP contribution in [0.5, 0.6) is 5.75 Å². The van der Waals surface area contributed by atoms with Crippen molar-refractivity contribution in [2.75, 3.05) is 0 Å². The molecule has 0 atom stereocenters. The van der Waals surface area contributed by atoms with Crippen molar-refractivity contribution < 1.29 is 15.0 Å². The van der Waals surface area contributed by atoms with E-state index in [1.54, 1.807) is 6.07 Å². The Bertz CT molecular complexity index is 797. The average molecular weight is 270 g/mol. The lowest BCUT2D eigenvalue weighted by atomic mass is 10.0. The number of hydrogen-bond donors (Lipinski definition) is 2. The summed E-state index contributed by atoms with van der Waals surface area (Å²) < 4.78 is 1.14. The van der Waals surface area contributed by atoms with Crippen LogP contribution >= 0.6 is 0 Å². The molecule has 7 nitrogen and oxygen atoms in total. The number of phenolic OH excluding ortho intramolecular Hbond substituents is 1. The molecule has 0 aliphatic heterocycles. The van der Waals surface area contributed by atoms with Crippen LogP contribution in [0.15, 0.2) is 36.4 Å². The molecular weight excluding hydrogens is 260 g/mol. The molecule has 1 aromatic heterocycles. The van der Waals surface area contributed by atoms with Gasteiger partial charge < -0.3 is 10.2 Å². The van der Waals surface area contributed by atoms with Crippen molar-refractivity contribution in [2.45, 2.75) is 6.54 Å². The number of carboxylic acids is 1. The first-order valence-corrected chi connectivity index (χ1v) is 5.86. The Labute approximate surface area is 113 Å². The number of fused-ring (bicyclic) bond motifs is 1. The van der Waals surface area contributed by atoms with E-state index in [1.807, 2.05) is 24.3 Å². The second kappa shape index (κ2) is 4.61. The summed E-state index contributed by atoms with van der Waals surface area (Å²) in [6.07, 6.45) is 0. The van der Waals surface area contributed by atoms with E-state index in [0.29, 0.717) is 5.56 Å². The van der Waals surface area contributed by atoms with Gasteiger partial charge in [0.2, 0.25) is 0 Å². The standard InChI is InChI=1S/C13H10N4O3/c18-10-6-5-8-3-1-2-4-9(8)12(10)13-14-15-16-17(13)7-11(19)20/h1-6,18H,7H2,(H,19,20). The average Bonchev–Trinajstić information content (AvgIpc) is 2.85. The highest BCUT2D eigenvalue weighted by molar-refractivity contribution is 5.98. The molecule has 7 heteroatoms. The highest BCUT2D eigenvalue weighted by Crippen LogP contribution is 2.34. The number of carboxylic acid groups (broad SMARTS) is 1. The number of benzene rings is 2. The minimum Gasteiger partial charge on any atom is -0.507 e. The van der Waals surface area contributed by atoms with Gasteiger partial charge in [-0.15, -0.1) is 5.10 Å². The van der Waals surface area contributed by atoms with Crippen molar-refractivity contribution >= 4 is 16.7 Å². The lowest BCUT2D eigenvalue weighted by Crippen LogP contribution is -2.11. The number of rotatable bonds is 3. The molecule has 0 saturated carbocycles. The quantitative estimate of drug-likeness (QED) is 0.743. The van der Waals surface area contributed by atoms with Gasteiger partial charge in [-0.1, -0.05) is 30.3 Å². The summed E-state index contributed by atoms with van der Waals surface area (Å²) in [4.78, 5) is 10.8. The fraction of sp³-hybridized carbons (Fsp3) is 0.0769. The molecule has 0 fully saturated rings. The summed E-state index contributed by atoms with van der Waals surface area (Å²) >= 11 is 0. The Hall–Kier alpha value is -2.96. The van der Waals surface area contributed by atoms with E-state index >= 15 is 0 Å². The van der Waals surface area contributed by atoms with E-state index in [-0.39, 0.29) is 18.1 Å². The molecule has 0 aliphatic carbocycles. The molecule has 0 saturated heterocycles. The monoisotopic (exact) mass is 270 g/mol. The minimum absolute atomic E-state index is 0.00476. The van der Waals surface area contributed by atoms with Crippen molar-refractivity contribution in [3.05, 3.63) is 36.4 Å². The van der Waals surface area contributed by atoms with Gasteiger partial charge >= 0.3 is 5.97 Å². The maximum Gasteiger partial charge on any atom is 0.325 e. The van der Waals surface area contributed by atoms with Crippen LogP contribution in [0.4, 0.5) is 0 Å². The second-order valence-corrected chi connectivity index (χ2v) is 4.23. The number of tetrazole rings is 1. The van der Waals surface area contributed by atoms with Gasteiger partial charge in [-0.2, -0.15) is 0 Å². The highest BCUT2D eigenvalue weighted by Gasteiger charge is 2.17. The van der Waals surface area contributed by atoms with Crippen LogP contribution in [-0.4, -0.2) is 36.4 Å². The zero-order chi connectivity index (χ0) is 14.1. The van der Waals surface area contributed by atoms with Gasteiger partial charge in [-0.3, -0.25) is 4.79 Å². The van der Waals surface area contributed by atoms with Crippen LogP contribution < -0.4 is 0 Å². The number of aromatic hydroxyl groups is 1. The topological polar surface area (TPSA) is 101 Å². The summed E-state index contributed by atoms with van der Waals surface area (Å²) in [7, 11) is 0. The maximum atomic E-state index is 10.8. The molecule has 2 N–H and O–H groups in total. The van der Waals surface area contributed by atoms with Crippen LogP contribution in [0.3, 0.4) is 0 Å². The van der Waals surface area contributed by atoms with Gasteiger partial charge in [-0.05, 0) is 27.3 Å². The smallest absolute Gasteiger partial charge is 0.325 e. The lowest BCUT2D eigenvalue weighted by molar-refractivity contribution is -0.137. The molecular formula is C13H10N4O3. The van der Waals surface area contributed by atoms with Gasteiger partial charge in [0, 0.05) is 0 Å². The zero-order valence-corrected chi connectivity index (χ0v) is 10.3. The summed E-state index contributed by atoms with van der Waals surface area (Å²) in [6, 6.07) is 10.7. The number of phenols is 1. The minimum atomic E-state index is -1.06. The van der Waals surface area contributed by atoms with Crippen molar-refractivity contribution in [1.82, 2.24) is 20.2 Å². The fourth-order valence-corrected chi connectivity index (χ4v) is 2.11. The zero-order valence-electron chi connectivity index (χ0n) is 10.3. The SMILES string of the molecule is O=C(O)Cn1nnnc1-c1c(O)ccc2ccccc12. The number of aliphatic carboxylic acids is 1. The van der Waals surface area contributed by atoms with Gasteiger partial charge in [0.1, 0.15) is 12.3 Å². The van der Waals surface area contributed by atoms with Crippen LogP contribution in [0.1, 0.15) is 0 Å². The largest absolute Gasteiger partial charge is 0.507 e. The lowest BCUT2D eigenvalue weighted by Gasteiger charge is -2.08. The molecule has 2 aromatic carbocycles. The Balaban J connectivity index is 2.27. The summed E-state index contributed by atoms with van der Waals surface area (Å²) in [6.45, 7) is -0.370. The third-order valence-corrected chi connectivity index (χ3v) is 2.95. The first-order chi connectivity index (χ1) is 9.66. The van der Waals surface area contributed by atoms with Crippen molar-refractivity contribution in [1.29, 1.82) is 0 Å². The predicted octanol–water partition coefficient (Wildman–Crippen LogP) is 1.28. The molecule has 100 valence electrons. The highest BCUT2D eigenvalue weighted by atomic mass is 16.4. The van der Waals surface area contributed by atoms with E-state index in [4.69, 9.17) is 5.11 Å². The van der Waals surface area contributed by atoms with Crippen molar-refractivity contribution in [3.8, 4) is 17.1 Å². The number of aromatic nitrogens is 4. The van der Waals surface area contributed by atoms with E-state index in [1.165, 1.54) is 6.07 Å². The maximum absolute atomic E-state index is 10.8.